The average Bonchev–Trinajstić information content (AvgIpc) is 2.31. The number of likely N-dealkylation sites (tertiary alicyclic amines) is 1. The summed E-state index contributed by atoms with van der Waals surface area (Å²) in [5, 5.41) is 9.04. The van der Waals surface area contributed by atoms with E-state index in [-0.39, 0.29) is 23.6 Å². The van der Waals surface area contributed by atoms with E-state index in [1.165, 1.54) is 6.42 Å². The molecule has 0 aromatic carbocycles. The highest BCUT2D eigenvalue weighted by Crippen LogP contribution is 2.23. The molecule has 1 fully saturated rings. The Morgan fingerprint density at radius 2 is 2.33 bits per heavy atom. The van der Waals surface area contributed by atoms with Crippen molar-refractivity contribution in [3.8, 4) is 12.3 Å². The van der Waals surface area contributed by atoms with E-state index < -0.39 is 0 Å². The highest BCUT2D eigenvalue weighted by Gasteiger charge is 2.36. The summed E-state index contributed by atoms with van der Waals surface area (Å²) in [6.45, 7) is 2.15. The molecule has 12 heavy (non-hydrogen) atoms. The van der Waals surface area contributed by atoms with Gasteiger partial charge >= 0.3 is 0 Å². The zero-order valence-electron chi connectivity index (χ0n) is 7.46. The Hall–Kier alpha value is -0.0400. The number of hydrogen-bond acceptors (Lipinski definition) is 1. The fourth-order valence-electron chi connectivity index (χ4n) is 1.89. The zero-order valence-corrected chi connectivity index (χ0v) is 9.05. The number of quaternary nitrogens is 1. The van der Waals surface area contributed by atoms with E-state index in [4.69, 9.17) is 11.5 Å². The Kier molecular flexibility index (Phi) is 4.84. The van der Waals surface area contributed by atoms with Crippen LogP contribution in [0.4, 0.5) is 0 Å². The van der Waals surface area contributed by atoms with E-state index in [0.29, 0.717) is 6.04 Å². The molecule has 2 atom stereocenters. The Morgan fingerprint density at radius 1 is 1.67 bits per heavy atom. The van der Waals surface area contributed by atoms with Crippen molar-refractivity contribution in [1.82, 2.24) is 0 Å². The number of halogens is 1. The van der Waals surface area contributed by atoms with Crippen molar-refractivity contribution in [2.24, 2.45) is 0 Å². The summed E-state index contributed by atoms with van der Waals surface area (Å²) in [7, 11) is 2.13. The number of terminal acetylenes is 1. The Balaban J connectivity index is 0.00000121. The first kappa shape index (κ1) is 12.0. The lowest BCUT2D eigenvalue weighted by Gasteiger charge is -2.33. The van der Waals surface area contributed by atoms with Crippen molar-refractivity contribution in [1.29, 1.82) is 0 Å². The molecule has 1 heterocycles. The first-order valence-corrected chi connectivity index (χ1v) is 4.11. The summed E-state index contributed by atoms with van der Waals surface area (Å²) in [6, 6.07) is 0.381. The predicted octanol–water partition coefficient (Wildman–Crippen LogP) is -2.78. The average molecular weight is 234 g/mol. The fourth-order valence-corrected chi connectivity index (χ4v) is 1.89. The van der Waals surface area contributed by atoms with Gasteiger partial charge in [0, 0.05) is 12.8 Å². The van der Waals surface area contributed by atoms with Gasteiger partial charge in [-0.1, -0.05) is 0 Å². The molecule has 70 valence electrons. The van der Waals surface area contributed by atoms with Crippen LogP contribution >= 0.6 is 0 Å². The molecule has 1 rings (SSSR count). The maximum Gasteiger partial charge on any atom is 0.140 e. The highest BCUT2D eigenvalue weighted by atomic mass is 79.9. The molecule has 0 amide bonds. The van der Waals surface area contributed by atoms with Crippen LogP contribution in [0.15, 0.2) is 0 Å². The van der Waals surface area contributed by atoms with Gasteiger partial charge in [-0.2, -0.15) is 0 Å². The molecule has 1 unspecified atom stereocenters. The van der Waals surface area contributed by atoms with Crippen LogP contribution in [-0.2, 0) is 0 Å². The van der Waals surface area contributed by atoms with Gasteiger partial charge in [0.25, 0.3) is 0 Å². The molecular formula is C9H16BrNO. The third-order valence-electron chi connectivity index (χ3n) is 2.75. The molecule has 0 bridgehead atoms. The van der Waals surface area contributed by atoms with Crippen LogP contribution in [0.5, 0.6) is 0 Å². The maximum atomic E-state index is 9.04. The Morgan fingerprint density at radius 3 is 2.83 bits per heavy atom. The van der Waals surface area contributed by atoms with Gasteiger partial charge in [0.1, 0.15) is 12.6 Å². The van der Waals surface area contributed by atoms with Crippen molar-refractivity contribution >= 4 is 0 Å². The molecular weight excluding hydrogens is 218 g/mol. The van der Waals surface area contributed by atoms with Crippen LogP contribution in [0.1, 0.15) is 12.8 Å². The summed E-state index contributed by atoms with van der Waals surface area (Å²) in [5.74, 6) is 2.68. The quantitative estimate of drug-likeness (QED) is 0.405. The molecule has 0 aromatic heterocycles. The normalized spacial score (nSPS) is 33.9. The fraction of sp³-hybridized carbons (Fsp3) is 0.778. The maximum absolute atomic E-state index is 9.04. The van der Waals surface area contributed by atoms with Gasteiger partial charge in [-0.15, -0.1) is 6.42 Å². The van der Waals surface area contributed by atoms with Crippen molar-refractivity contribution in [2.45, 2.75) is 18.9 Å². The van der Waals surface area contributed by atoms with E-state index in [0.717, 1.165) is 24.0 Å². The predicted molar refractivity (Wildman–Crippen MR) is 44.9 cm³/mol. The number of nitrogens with zero attached hydrogens (tertiary/aromatic N) is 1. The summed E-state index contributed by atoms with van der Waals surface area (Å²) in [5.41, 5.74) is 0. The molecule has 1 aliphatic heterocycles. The third kappa shape index (κ3) is 2.22. The van der Waals surface area contributed by atoms with Crippen molar-refractivity contribution < 1.29 is 26.6 Å². The van der Waals surface area contributed by atoms with E-state index in [9.17, 15) is 0 Å². The number of aliphatic hydroxyl groups is 1. The summed E-state index contributed by atoms with van der Waals surface area (Å²) in [6.07, 6.45) is 7.58. The standard InChI is InChI=1S/C9H16NO.BrH/c1-3-6-10(2)7-4-5-9(10)8-11;/h1,9,11H,4-8H2,2H3;1H/q+1;/p-1/t9-,10?;/m1./s1. The molecule has 3 heteroatoms. The van der Waals surface area contributed by atoms with E-state index in [1.54, 1.807) is 0 Å². The minimum atomic E-state index is 0. The molecule has 0 saturated carbocycles. The van der Waals surface area contributed by atoms with Crippen molar-refractivity contribution in [3.63, 3.8) is 0 Å². The third-order valence-corrected chi connectivity index (χ3v) is 2.75. The smallest absolute Gasteiger partial charge is 0.140 e. The lowest BCUT2D eigenvalue weighted by atomic mass is 10.2. The molecule has 2 nitrogen and oxygen atoms in total. The second kappa shape index (κ2) is 4.86. The van der Waals surface area contributed by atoms with Crippen molar-refractivity contribution in [3.05, 3.63) is 0 Å². The lowest BCUT2D eigenvalue weighted by molar-refractivity contribution is -0.914. The molecule has 1 N–H and O–H groups in total. The van der Waals surface area contributed by atoms with E-state index in [1.807, 2.05) is 0 Å². The molecule has 0 radical (unpaired) electrons. The Labute approximate surface area is 84.9 Å². The minimum Gasteiger partial charge on any atom is -1.00 e. The first-order valence-electron chi connectivity index (χ1n) is 4.11. The summed E-state index contributed by atoms with van der Waals surface area (Å²) < 4.78 is 0.868. The summed E-state index contributed by atoms with van der Waals surface area (Å²) in [4.78, 5) is 0. The topological polar surface area (TPSA) is 20.2 Å². The second-order valence-corrected chi connectivity index (χ2v) is 3.54. The van der Waals surface area contributed by atoms with Gasteiger partial charge in [-0.25, -0.2) is 0 Å². The number of likely N-dealkylation sites (N-methyl/N-ethyl adjacent to an activating group) is 1. The van der Waals surface area contributed by atoms with Gasteiger partial charge in [-0.3, -0.25) is 0 Å². The van der Waals surface area contributed by atoms with Crippen LogP contribution in [-0.4, -0.2) is 42.4 Å². The lowest BCUT2D eigenvalue weighted by Crippen LogP contribution is -3.00. The van der Waals surface area contributed by atoms with Crippen LogP contribution < -0.4 is 17.0 Å². The largest absolute Gasteiger partial charge is 1.00 e. The number of rotatable bonds is 2. The van der Waals surface area contributed by atoms with Gasteiger partial charge in [0.15, 0.2) is 0 Å². The molecule has 1 saturated heterocycles. The molecule has 0 aromatic rings. The first-order chi connectivity index (χ1) is 5.23. The monoisotopic (exact) mass is 233 g/mol. The minimum absolute atomic E-state index is 0. The Bertz CT molecular complexity index is 178. The SMILES string of the molecule is C#CC[N+]1(C)CCC[C@@H]1CO.[Br-]. The van der Waals surface area contributed by atoms with Crippen molar-refractivity contribution in [2.75, 3.05) is 26.7 Å². The van der Waals surface area contributed by atoms with Crippen LogP contribution in [0.3, 0.4) is 0 Å². The highest BCUT2D eigenvalue weighted by molar-refractivity contribution is 4.85. The van der Waals surface area contributed by atoms with Crippen LogP contribution in [0.25, 0.3) is 0 Å². The second-order valence-electron chi connectivity index (χ2n) is 3.54. The van der Waals surface area contributed by atoms with Crippen LogP contribution in [0.2, 0.25) is 0 Å². The number of aliphatic hydroxyl groups excluding tert-OH is 1. The van der Waals surface area contributed by atoms with Gasteiger partial charge in [-0.05, 0) is 5.92 Å². The molecule has 0 aliphatic carbocycles. The van der Waals surface area contributed by atoms with Gasteiger partial charge < -0.3 is 26.6 Å². The van der Waals surface area contributed by atoms with Gasteiger partial charge in [0.2, 0.25) is 0 Å². The summed E-state index contributed by atoms with van der Waals surface area (Å²) >= 11 is 0. The van der Waals surface area contributed by atoms with Crippen LogP contribution in [0, 0.1) is 12.3 Å². The molecule has 0 spiro atoms. The van der Waals surface area contributed by atoms with E-state index in [2.05, 4.69) is 13.0 Å². The molecule has 1 aliphatic rings. The van der Waals surface area contributed by atoms with Gasteiger partial charge in [0.05, 0.1) is 20.2 Å². The van der Waals surface area contributed by atoms with E-state index >= 15 is 0 Å². The zero-order chi connectivity index (χ0) is 8.32. The number of hydrogen-bond donors (Lipinski definition) is 1.